The van der Waals surface area contributed by atoms with E-state index >= 15 is 0 Å². The van der Waals surface area contributed by atoms with Gasteiger partial charge in [-0.2, -0.15) is 0 Å². The van der Waals surface area contributed by atoms with Gasteiger partial charge in [0.05, 0.1) is 0 Å². The summed E-state index contributed by atoms with van der Waals surface area (Å²) < 4.78 is 0. The fraction of sp³-hybridized carbons (Fsp3) is 0.409. The van der Waals surface area contributed by atoms with E-state index in [1.54, 1.807) is 0 Å². The lowest BCUT2D eigenvalue weighted by molar-refractivity contribution is -0.117. The average Bonchev–Trinajstić information content (AvgIpc) is 3.15. The first-order chi connectivity index (χ1) is 11.1. The van der Waals surface area contributed by atoms with E-state index in [2.05, 4.69) is 49.0 Å². The molecule has 0 heterocycles. The van der Waals surface area contributed by atoms with Crippen molar-refractivity contribution in [2.45, 2.75) is 44.4 Å². The zero-order chi connectivity index (χ0) is 16.0. The van der Waals surface area contributed by atoms with Crippen LogP contribution in [0.1, 0.15) is 44.6 Å². The van der Waals surface area contributed by atoms with Crippen LogP contribution in [0.15, 0.2) is 54.6 Å². The highest BCUT2D eigenvalue weighted by Crippen LogP contribution is 2.59. The van der Waals surface area contributed by atoms with E-state index < -0.39 is 0 Å². The molecule has 2 aromatic rings. The third-order valence-electron chi connectivity index (χ3n) is 6.25. The number of Topliss-reactive ketones (excluding diaryl/α,β-unsaturated/α-hetero) is 1. The monoisotopic (exact) mass is 304 g/mol. The van der Waals surface area contributed by atoms with Gasteiger partial charge < -0.3 is 0 Å². The summed E-state index contributed by atoms with van der Waals surface area (Å²) in [5.41, 5.74) is 2.13. The van der Waals surface area contributed by atoms with E-state index in [9.17, 15) is 4.79 Å². The number of fused-ring (bicyclic) bond motifs is 3. The summed E-state index contributed by atoms with van der Waals surface area (Å²) in [4.78, 5) is 12.6. The van der Waals surface area contributed by atoms with Gasteiger partial charge in [-0.05, 0) is 59.9 Å². The molecule has 0 aromatic heterocycles. The highest BCUT2D eigenvalue weighted by molar-refractivity contribution is 5.96. The van der Waals surface area contributed by atoms with Crippen LogP contribution in [0.5, 0.6) is 0 Å². The lowest BCUT2D eigenvalue weighted by Gasteiger charge is -2.39. The second-order valence-corrected chi connectivity index (χ2v) is 7.64. The molecule has 118 valence electrons. The summed E-state index contributed by atoms with van der Waals surface area (Å²) in [6.07, 6.45) is 5.73. The van der Waals surface area contributed by atoms with Crippen molar-refractivity contribution >= 4 is 16.6 Å². The van der Waals surface area contributed by atoms with E-state index in [0.717, 1.165) is 5.92 Å². The maximum atomic E-state index is 12.6. The zero-order valence-electron chi connectivity index (χ0n) is 13.8. The molecule has 0 saturated heterocycles. The minimum atomic E-state index is 0.0276. The van der Waals surface area contributed by atoms with Crippen molar-refractivity contribution in [3.63, 3.8) is 0 Å². The highest BCUT2D eigenvalue weighted by Gasteiger charge is 2.52. The number of allylic oxidation sites excluding steroid dienone is 1. The van der Waals surface area contributed by atoms with Crippen LogP contribution in [0.3, 0.4) is 0 Å². The molecule has 1 heteroatoms. The summed E-state index contributed by atoms with van der Waals surface area (Å²) in [5, 5.41) is 2.62. The van der Waals surface area contributed by atoms with Crippen molar-refractivity contribution < 1.29 is 4.79 Å². The first kappa shape index (κ1) is 14.7. The molecule has 2 aliphatic rings. The number of ketones is 1. The quantitative estimate of drug-likeness (QED) is 0.688. The number of rotatable bonds is 4. The highest BCUT2D eigenvalue weighted by atomic mass is 16.1. The Labute approximate surface area is 138 Å². The summed E-state index contributed by atoms with van der Waals surface area (Å²) in [7, 11) is 0. The molecule has 2 aliphatic carbocycles. The van der Waals surface area contributed by atoms with E-state index in [1.807, 2.05) is 6.92 Å². The molecule has 0 spiro atoms. The standard InChI is InChI=1S/C22H24O/c1-15(2)21(23)14-22(13-16-10-11-18(22)12-16)20-9-5-7-17-6-3-4-8-19(17)20/h3-9,16,18H,1,10-14H2,2H3. The predicted molar refractivity (Wildman–Crippen MR) is 95.5 cm³/mol. The van der Waals surface area contributed by atoms with Crippen LogP contribution in [0.25, 0.3) is 10.8 Å². The normalized spacial score (nSPS) is 29.1. The number of carbonyl (C=O) groups excluding carboxylic acids is 1. The van der Waals surface area contributed by atoms with Gasteiger partial charge in [-0.3, -0.25) is 4.79 Å². The number of hydrogen-bond acceptors (Lipinski definition) is 1. The van der Waals surface area contributed by atoms with Gasteiger partial charge in [0.1, 0.15) is 0 Å². The van der Waals surface area contributed by atoms with Crippen molar-refractivity contribution in [1.82, 2.24) is 0 Å². The predicted octanol–water partition coefficient (Wildman–Crippen LogP) is 5.43. The van der Waals surface area contributed by atoms with E-state index in [1.165, 1.54) is 42.0 Å². The van der Waals surface area contributed by atoms with Gasteiger partial charge in [-0.25, -0.2) is 0 Å². The maximum absolute atomic E-state index is 12.6. The van der Waals surface area contributed by atoms with Gasteiger partial charge >= 0.3 is 0 Å². The first-order valence-electron chi connectivity index (χ1n) is 8.77. The van der Waals surface area contributed by atoms with E-state index in [4.69, 9.17) is 0 Å². The molecule has 23 heavy (non-hydrogen) atoms. The zero-order valence-corrected chi connectivity index (χ0v) is 13.8. The Morgan fingerprint density at radius 3 is 2.65 bits per heavy atom. The topological polar surface area (TPSA) is 17.1 Å². The van der Waals surface area contributed by atoms with Crippen LogP contribution >= 0.6 is 0 Å². The van der Waals surface area contributed by atoms with E-state index in [-0.39, 0.29) is 11.2 Å². The molecule has 2 aromatic carbocycles. The molecule has 0 N–H and O–H groups in total. The molecule has 3 atom stereocenters. The average molecular weight is 304 g/mol. The van der Waals surface area contributed by atoms with Crippen LogP contribution in [-0.4, -0.2) is 5.78 Å². The fourth-order valence-electron chi connectivity index (χ4n) is 5.18. The van der Waals surface area contributed by atoms with Gasteiger partial charge in [0.15, 0.2) is 5.78 Å². The third-order valence-corrected chi connectivity index (χ3v) is 6.25. The first-order valence-corrected chi connectivity index (χ1v) is 8.77. The number of carbonyl (C=O) groups is 1. The van der Waals surface area contributed by atoms with Crippen molar-refractivity contribution in [3.8, 4) is 0 Å². The Hall–Kier alpha value is -1.89. The summed E-state index contributed by atoms with van der Waals surface area (Å²) in [6.45, 7) is 5.75. The van der Waals surface area contributed by atoms with Gasteiger partial charge in [-0.15, -0.1) is 0 Å². The smallest absolute Gasteiger partial charge is 0.158 e. The van der Waals surface area contributed by atoms with Crippen LogP contribution < -0.4 is 0 Å². The molecule has 0 amide bonds. The maximum Gasteiger partial charge on any atom is 0.158 e. The summed E-state index contributed by atoms with van der Waals surface area (Å²) in [5.74, 6) is 1.70. The Morgan fingerprint density at radius 1 is 1.17 bits per heavy atom. The SMILES string of the molecule is C=C(C)C(=O)CC1(c2cccc3ccccc23)CC2CCC1C2. The fourth-order valence-corrected chi connectivity index (χ4v) is 5.18. The Morgan fingerprint density at radius 2 is 1.96 bits per heavy atom. The number of benzene rings is 2. The van der Waals surface area contributed by atoms with Crippen LogP contribution in [0.2, 0.25) is 0 Å². The molecule has 3 unspecified atom stereocenters. The number of hydrogen-bond donors (Lipinski definition) is 0. The molecule has 1 nitrogen and oxygen atoms in total. The van der Waals surface area contributed by atoms with Crippen molar-refractivity contribution in [1.29, 1.82) is 0 Å². The van der Waals surface area contributed by atoms with Crippen molar-refractivity contribution in [2.75, 3.05) is 0 Å². The second kappa shape index (κ2) is 5.33. The second-order valence-electron chi connectivity index (χ2n) is 7.64. The largest absolute Gasteiger partial charge is 0.295 e. The lowest BCUT2D eigenvalue weighted by atomic mass is 9.64. The van der Waals surface area contributed by atoms with Crippen LogP contribution in [-0.2, 0) is 10.2 Å². The Balaban J connectivity index is 1.88. The van der Waals surface area contributed by atoms with E-state index in [0.29, 0.717) is 17.9 Å². The van der Waals surface area contributed by atoms with Gasteiger partial charge in [0.2, 0.25) is 0 Å². The molecule has 2 saturated carbocycles. The third kappa shape index (κ3) is 2.25. The van der Waals surface area contributed by atoms with Crippen LogP contribution in [0.4, 0.5) is 0 Å². The lowest BCUT2D eigenvalue weighted by Crippen LogP contribution is -2.35. The summed E-state index contributed by atoms with van der Waals surface area (Å²) >= 11 is 0. The molecular formula is C22H24O. The van der Waals surface area contributed by atoms with Gasteiger partial charge in [-0.1, -0.05) is 55.5 Å². The molecular weight excluding hydrogens is 280 g/mol. The molecule has 2 bridgehead atoms. The van der Waals surface area contributed by atoms with Gasteiger partial charge in [0, 0.05) is 11.8 Å². The minimum Gasteiger partial charge on any atom is -0.295 e. The van der Waals surface area contributed by atoms with Crippen LogP contribution in [0, 0.1) is 11.8 Å². The Bertz CT molecular complexity index is 782. The summed E-state index contributed by atoms with van der Waals surface area (Å²) in [6, 6.07) is 15.2. The van der Waals surface area contributed by atoms with Gasteiger partial charge in [0.25, 0.3) is 0 Å². The molecule has 4 rings (SSSR count). The molecule has 2 fully saturated rings. The molecule has 0 radical (unpaired) electrons. The minimum absolute atomic E-state index is 0.0276. The Kier molecular flexibility index (Phi) is 3.41. The van der Waals surface area contributed by atoms with Crippen molar-refractivity contribution in [2.24, 2.45) is 11.8 Å². The van der Waals surface area contributed by atoms with Crippen molar-refractivity contribution in [3.05, 3.63) is 60.2 Å². The molecule has 0 aliphatic heterocycles.